The van der Waals surface area contributed by atoms with E-state index < -0.39 is 15.1 Å². The molecule has 1 heterocycles. The van der Waals surface area contributed by atoms with Crippen molar-refractivity contribution in [1.29, 1.82) is 0 Å². The highest BCUT2D eigenvalue weighted by molar-refractivity contribution is 7.91. The van der Waals surface area contributed by atoms with E-state index in [1.807, 2.05) is 0 Å². The fourth-order valence-corrected chi connectivity index (χ4v) is 4.43. The lowest BCUT2D eigenvalue weighted by atomic mass is 9.98. The molecule has 102 valence electrons. The summed E-state index contributed by atoms with van der Waals surface area (Å²) in [5.74, 6) is 0. The molecule has 2 unspecified atom stereocenters. The molecule has 1 aromatic rings. The SMILES string of the molecule is CCNC1CCCc2sc(C(C)S(C)(=O)=O)nc21. The maximum absolute atomic E-state index is 11.6. The monoisotopic (exact) mass is 288 g/mol. The normalized spacial score (nSPS) is 21.6. The molecule has 0 saturated carbocycles. The first-order chi connectivity index (χ1) is 8.43. The van der Waals surface area contributed by atoms with E-state index in [0.717, 1.165) is 36.5 Å². The third-order valence-electron chi connectivity index (χ3n) is 3.41. The Bertz CT molecular complexity index is 522. The lowest BCUT2D eigenvalue weighted by Crippen LogP contribution is -2.24. The zero-order valence-corrected chi connectivity index (χ0v) is 12.7. The topological polar surface area (TPSA) is 59.1 Å². The Hall–Kier alpha value is -0.460. The maximum atomic E-state index is 11.6. The zero-order valence-electron chi connectivity index (χ0n) is 11.1. The van der Waals surface area contributed by atoms with Crippen molar-refractivity contribution in [2.75, 3.05) is 12.8 Å². The number of thiazole rings is 1. The second-order valence-electron chi connectivity index (χ2n) is 4.83. The fourth-order valence-electron chi connectivity index (χ4n) is 2.24. The molecule has 1 N–H and O–H groups in total. The number of aromatic nitrogens is 1. The molecule has 0 spiro atoms. The fraction of sp³-hybridized carbons (Fsp3) is 0.750. The van der Waals surface area contributed by atoms with Gasteiger partial charge >= 0.3 is 0 Å². The van der Waals surface area contributed by atoms with Gasteiger partial charge in [-0.3, -0.25) is 0 Å². The van der Waals surface area contributed by atoms with Gasteiger partial charge in [-0.25, -0.2) is 13.4 Å². The van der Waals surface area contributed by atoms with Crippen molar-refractivity contribution < 1.29 is 8.42 Å². The molecule has 0 aliphatic heterocycles. The van der Waals surface area contributed by atoms with E-state index in [9.17, 15) is 8.42 Å². The van der Waals surface area contributed by atoms with Crippen molar-refractivity contribution >= 4 is 21.2 Å². The molecule has 0 aromatic carbocycles. The van der Waals surface area contributed by atoms with Crippen LogP contribution in [-0.4, -0.2) is 26.2 Å². The number of fused-ring (bicyclic) bond motifs is 1. The summed E-state index contributed by atoms with van der Waals surface area (Å²) in [4.78, 5) is 5.86. The summed E-state index contributed by atoms with van der Waals surface area (Å²) in [6.45, 7) is 4.72. The maximum Gasteiger partial charge on any atom is 0.156 e. The molecule has 2 atom stereocenters. The van der Waals surface area contributed by atoms with Crippen LogP contribution >= 0.6 is 11.3 Å². The van der Waals surface area contributed by atoms with Crippen LogP contribution in [0.5, 0.6) is 0 Å². The summed E-state index contributed by atoms with van der Waals surface area (Å²) >= 11 is 1.57. The van der Waals surface area contributed by atoms with Crippen LogP contribution in [0.25, 0.3) is 0 Å². The second kappa shape index (κ2) is 5.27. The summed E-state index contributed by atoms with van der Waals surface area (Å²) in [5, 5.41) is 3.68. The molecule has 1 aliphatic carbocycles. The average molecular weight is 288 g/mol. The number of hydrogen-bond acceptors (Lipinski definition) is 5. The quantitative estimate of drug-likeness (QED) is 0.923. The van der Waals surface area contributed by atoms with Gasteiger partial charge in [0.25, 0.3) is 0 Å². The van der Waals surface area contributed by atoms with Crippen LogP contribution in [0.1, 0.15) is 53.6 Å². The molecule has 2 rings (SSSR count). The Kier molecular flexibility index (Phi) is 4.08. The van der Waals surface area contributed by atoms with E-state index in [2.05, 4.69) is 17.2 Å². The highest BCUT2D eigenvalue weighted by Crippen LogP contribution is 2.36. The van der Waals surface area contributed by atoms with Crippen LogP contribution in [0.15, 0.2) is 0 Å². The molecule has 0 fully saturated rings. The van der Waals surface area contributed by atoms with Crippen molar-refractivity contribution in [3.8, 4) is 0 Å². The van der Waals surface area contributed by atoms with Gasteiger partial charge in [0.15, 0.2) is 9.84 Å². The van der Waals surface area contributed by atoms with Crippen molar-refractivity contribution in [2.45, 2.75) is 44.4 Å². The predicted octanol–water partition coefficient (Wildman–Crippen LogP) is 2.24. The van der Waals surface area contributed by atoms with E-state index >= 15 is 0 Å². The van der Waals surface area contributed by atoms with Gasteiger partial charge in [0.1, 0.15) is 10.3 Å². The van der Waals surface area contributed by atoms with Gasteiger partial charge in [0, 0.05) is 11.1 Å². The first-order valence-electron chi connectivity index (χ1n) is 6.35. The Labute approximate surface area is 113 Å². The minimum absolute atomic E-state index is 0.301. The summed E-state index contributed by atoms with van der Waals surface area (Å²) in [5.41, 5.74) is 1.08. The van der Waals surface area contributed by atoms with E-state index in [0.29, 0.717) is 6.04 Å². The highest BCUT2D eigenvalue weighted by atomic mass is 32.2. The predicted molar refractivity (Wildman–Crippen MR) is 74.7 cm³/mol. The number of hydrogen-bond donors (Lipinski definition) is 1. The van der Waals surface area contributed by atoms with Crippen molar-refractivity contribution in [2.24, 2.45) is 0 Å². The second-order valence-corrected chi connectivity index (χ2v) is 8.32. The summed E-state index contributed by atoms with van der Waals surface area (Å²) in [7, 11) is -3.06. The van der Waals surface area contributed by atoms with Gasteiger partial charge in [-0.05, 0) is 32.7 Å². The smallest absolute Gasteiger partial charge is 0.156 e. The van der Waals surface area contributed by atoms with Crippen LogP contribution in [0.3, 0.4) is 0 Å². The molecular weight excluding hydrogens is 268 g/mol. The summed E-state index contributed by atoms with van der Waals surface area (Å²) < 4.78 is 23.2. The number of aryl methyl sites for hydroxylation is 1. The van der Waals surface area contributed by atoms with E-state index in [-0.39, 0.29) is 0 Å². The van der Waals surface area contributed by atoms with Gasteiger partial charge in [0.2, 0.25) is 0 Å². The molecule has 1 aliphatic rings. The zero-order chi connectivity index (χ0) is 13.3. The van der Waals surface area contributed by atoms with Crippen molar-refractivity contribution in [3.63, 3.8) is 0 Å². The molecule has 18 heavy (non-hydrogen) atoms. The van der Waals surface area contributed by atoms with Crippen LogP contribution in [0.4, 0.5) is 0 Å². The first kappa shape index (κ1) is 14.0. The molecule has 0 radical (unpaired) electrons. The molecule has 6 heteroatoms. The lowest BCUT2D eigenvalue weighted by molar-refractivity contribution is 0.464. The number of rotatable bonds is 4. The van der Waals surface area contributed by atoms with Crippen molar-refractivity contribution in [3.05, 3.63) is 15.6 Å². The Balaban J connectivity index is 2.32. The van der Waals surface area contributed by atoms with Crippen LogP contribution in [-0.2, 0) is 16.3 Å². The highest BCUT2D eigenvalue weighted by Gasteiger charge is 2.28. The third-order valence-corrected chi connectivity index (χ3v) is 6.38. The minimum Gasteiger partial charge on any atom is -0.309 e. The van der Waals surface area contributed by atoms with Crippen LogP contribution < -0.4 is 5.32 Å². The average Bonchev–Trinajstić information content (AvgIpc) is 2.71. The first-order valence-corrected chi connectivity index (χ1v) is 9.12. The molecule has 4 nitrogen and oxygen atoms in total. The van der Waals surface area contributed by atoms with E-state index in [1.165, 1.54) is 11.1 Å². The molecule has 0 saturated heterocycles. The molecular formula is C12H20N2O2S2. The number of nitrogens with zero attached hydrogens (tertiary/aromatic N) is 1. The third kappa shape index (κ3) is 2.75. The minimum atomic E-state index is -3.06. The van der Waals surface area contributed by atoms with Crippen LogP contribution in [0, 0.1) is 0 Å². The van der Waals surface area contributed by atoms with E-state index in [1.54, 1.807) is 18.3 Å². The summed E-state index contributed by atoms with van der Waals surface area (Å²) in [6.07, 6.45) is 4.56. The summed E-state index contributed by atoms with van der Waals surface area (Å²) in [6, 6.07) is 0.301. The Morgan fingerprint density at radius 3 is 2.89 bits per heavy atom. The Morgan fingerprint density at radius 1 is 1.56 bits per heavy atom. The van der Waals surface area contributed by atoms with Gasteiger partial charge in [-0.1, -0.05) is 6.92 Å². The van der Waals surface area contributed by atoms with Gasteiger partial charge < -0.3 is 5.32 Å². The van der Waals surface area contributed by atoms with Gasteiger partial charge in [-0.15, -0.1) is 11.3 Å². The molecule has 0 amide bonds. The number of nitrogens with one attached hydrogen (secondary N) is 1. The van der Waals surface area contributed by atoms with Gasteiger partial charge in [-0.2, -0.15) is 0 Å². The van der Waals surface area contributed by atoms with Gasteiger partial charge in [0.05, 0.1) is 11.7 Å². The standard InChI is InChI=1S/C12H20N2O2S2/c1-4-13-9-6-5-7-10-11(9)14-12(17-10)8(2)18(3,15)16/h8-9,13H,4-7H2,1-3H3. The van der Waals surface area contributed by atoms with Crippen molar-refractivity contribution in [1.82, 2.24) is 10.3 Å². The number of sulfone groups is 1. The lowest BCUT2D eigenvalue weighted by Gasteiger charge is -2.21. The van der Waals surface area contributed by atoms with Crippen LogP contribution in [0.2, 0.25) is 0 Å². The Morgan fingerprint density at radius 2 is 2.28 bits per heavy atom. The molecule has 1 aromatic heterocycles. The van der Waals surface area contributed by atoms with E-state index in [4.69, 9.17) is 0 Å². The largest absolute Gasteiger partial charge is 0.309 e. The molecule has 0 bridgehead atoms.